The van der Waals surface area contributed by atoms with Crippen LogP contribution in [-0.4, -0.2) is 57.2 Å². The maximum absolute atomic E-state index is 13.0. The Balaban J connectivity index is 0.00000225. The average molecular weight is 395 g/mol. The van der Waals surface area contributed by atoms with Gasteiger partial charge in [-0.25, -0.2) is 8.42 Å². The van der Waals surface area contributed by atoms with Gasteiger partial charge in [-0.2, -0.15) is 0 Å². The van der Waals surface area contributed by atoms with Crippen molar-refractivity contribution in [3.63, 3.8) is 0 Å². The van der Waals surface area contributed by atoms with Gasteiger partial charge in [-0.3, -0.25) is 4.79 Å². The zero-order valence-electron chi connectivity index (χ0n) is 15.2. The molecule has 2 saturated carbocycles. The quantitative estimate of drug-likeness (QED) is 0.736. The van der Waals surface area contributed by atoms with Crippen LogP contribution in [0.4, 0.5) is 0 Å². The number of amides is 1. The second kappa shape index (κ2) is 7.71. The smallest absolute Gasteiger partial charge is 0.241 e. The first-order chi connectivity index (χ1) is 11.4. The minimum Gasteiger partial charge on any atom is -0.378 e. The summed E-state index contributed by atoms with van der Waals surface area (Å²) in [5, 5.41) is 6.28. The fourth-order valence-electron chi connectivity index (χ4n) is 4.98. The number of hydrogen-bond donors (Lipinski definition) is 2. The number of hydrogen-bond acceptors (Lipinski definition) is 5. The van der Waals surface area contributed by atoms with Gasteiger partial charge in [0.15, 0.2) is 14.6 Å². The van der Waals surface area contributed by atoms with Crippen LogP contribution in [-0.2, 0) is 19.4 Å². The summed E-state index contributed by atoms with van der Waals surface area (Å²) in [5.74, 6) is -0.294. The number of rotatable bonds is 5. The Morgan fingerprint density at radius 2 is 1.80 bits per heavy atom. The number of carbonyl (C=O) groups is 1. The highest BCUT2D eigenvalue weighted by Gasteiger charge is 2.59. The molecular weight excluding hydrogens is 364 g/mol. The molecule has 0 radical (unpaired) electrons. The Bertz CT molecular complexity index is 583. The van der Waals surface area contributed by atoms with Gasteiger partial charge in [-0.15, -0.1) is 12.4 Å². The van der Waals surface area contributed by atoms with E-state index in [4.69, 9.17) is 4.74 Å². The van der Waals surface area contributed by atoms with Gasteiger partial charge in [0.2, 0.25) is 5.91 Å². The van der Waals surface area contributed by atoms with Gasteiger partial charge in [0.1, 0.15) is 0 Å². The summed E-state index contributed by atoms with van der Waals surface area (Å²) >= 11 is 0. The van der Waals surface area contributed by atoms with Crippen LogP contribution >= 0.6 is 12.4 Å². The van der Waals surface area contributed by atoms with E-state index < -0.39 is 14.6 Å². The Morgan fingerprint density at radius 1 is 1.20 bits per heavy atom. The van der Waals surface area contributed by atoms with Crippen molar-refractivity contribution < 1.29 is 17.9 Å². The van der Waals surface area contributed by atoms with Crippen LogP contribution in [0.1, 0.15) is 51.9 Å². The second-order valence-electron chi connectivity index (χ2n) is 7.66. The normalized spacial score (nSPS) is 30.3. The van der Waals surface area contributed by atoms with E-state index in [1.807, 2.05) is 6.92 Å². The van der Waals surface area contributed by atoms with Crippen molar-refractivity contribution >= 4 is 28.2 Å². The first-order valence-electron chi connectivity index (χ1n) is 9.19. The van der Waals surface area contributed by atoms with Crippen molar-refractivity contribution in [2.75, 3.05) is 26.0 Å². The third kappa shape index (κ3) is 3.45. The zero-order valence-corrected chi connectivity index (χ0v) is 16.8. The lowest BCUT2D eigenvalue weighted by atomic mass is 9.60. The number of ether oxygens (including phenoxy) is 1. The number of sulfone groups is 1. The van der Waals surface area contributed by atoms with Crippen molar-refractivity contribution in [2.45, 2.75) is 68.8 Å². The monoisotopic (exact) mass is 394 g/mol. The van der Waals surface area contributed by atoms with E-state index in [9.17, 15) is 13.2 Å². The molecule has 2 N–H and O–H groups in total. The molecule has 2 aliphatic carbocycles. The predicted octanol–water partition coefficient (Wildman–Crippen LogP) is 1.43. The van der Waals surface area contributed by atoms with Crippen LogP contribution in [0.15, 0.2) is 0 Å². The van der Waals surface area contributed by atoms with Crippen LogP contribution in [0.5, 0.6) is 0 Å². The highest BCUT2D eigenvalue weighted by molar-refractivity contribution is 7.92. The van der Waals surface area contributed by atoms with Crippen molar-refractivity contribution in [2.24, 2.45) is 5.41 Å². The highest BCUT2D eigenvalue weighted by Crippen LogP contribution is 2.55. The molecule has 1 spiro atoms. The summed E-state index contributed by atoms with van der Waals surface area (Å²) in [5.41, 5.74) is 0.0251. The Morgan fingerprint density at radius 3 is 2.32 bits per heavy atom. The molecule has 25 heavy (non-hydrogen) atoms. The molecule has 0 aromatic heterocycles. The Hall–Kier alpha value is -0.370. The van der Waals surface area contributed by atoms with Crippen LogP contribution in [0, 0.1) is 5.41 Å². The molecule has 0 aromatic rings. The van der Waals surface area contributed by atoms with Crippen LogP contribution in [0.25, 0.3) is 0 Å². The molecular formula is C17H31ClN2O4S. The van der Waals surface area contributed by atoms with E-state index in [0.717, 1.165) is 32.1 Å². The van der Waals surface area contributed by atoms with Gasteiger partial charge in [0, 0.05) is 24.3 Å². The third-order valence-corrected chi connectivity index (χ3v) is 8.54. The topological polar surface area (TPSA) is 84.5 Å². The van der Waals surface area contributed by atoms with Gasteiger partial charge in [-0.1, -0.05) is 12.8 Å². The van der Waals surface area contributed by atoms with Crippen molar-refractivity contribution in [1.29, 1.82) is 0 Å². The van der Waals surface area contributed by atoms with Crippen molar-refractivity contribution in [3.05, 3.63) is 0 Å². The lowest BCUT2D eigenvalue weighted by Gasteiger charge is -2.54. The largest absolute Gasteiger partial charge is 0.378 e. The Labute approximate surface area is 157 Å². The van der Waals surface area contributed by atoms with Crippen LogP contribution in [0.2, 0.25) is 0 Å². The molecule has 1 heterocycles. The number of carbonyl (C=O) groups excluding carboxylic acids is 1. The number of piperidine rings is 1. The molecule has 1 amide bonds. The van der Waals surface area contributed by atoms with Gasteiger partial charge >= 0.3 is 0 Å². The van der Waals surface area contributed by atoms with E-state index in [1.54, 1.807) is 0 Å². The standard InChI is InChI=1S/C17H30N2O4S.ClH/c1-3-23-14-12-13(16(14)6-4-5-7-16)19-15(20)17(24(2,21)22)8-10-18-11-9-17;/h13-14,18H,3-12H2,1-2H3,(H,19,20);1H. The number of nitrogens with one attached hydrogen (secondary N) is 2. The molecule has 8 heteroatoms. The SMILES string of the molecule is CCOC1CC(NC(=O)C2(S(C)(=O)=O)CCNCC2)C12CCCC2.Cl. The van der Waals surface area contributed by atoms with E-state index in [2.05, 4.69) is 10.6 Å². The molecule has 1 saturated heterocycles. The second-order valence-corrected chi connectivity index (χ2v) is 9.99. The van der Waals surface area contributed by atoms with Gasteiger partial charge < -0.3 is 15.4 Å². The van der Waals surface area contributed by atoms with E-state index in [-0.39, 0.29) is 35.9 Å². The molecule has 0 aromatic carbocycles. The zero-order chi connectivity index (χ0) is 17.4. The summed E-state index contributed by atoms with van der Waals surface area (Å²) in [6, 6.07) is 0.0533. The van der Waals surface area contributed by atoms with E-state index in [1.165, 1.54) is 6.26 Å². The lowest BCUT2D eigenvalue weighted by Crippen LogP contribution is -2.67. The highest BCUT2D eigenvalue weighted by atomic mass is 35.5. The molecule has 2 unspecified atom stereocenters. The minimum atomic E-state index is -3.46. The summed E-state index contributed by atoms with van der Waals surface area (Å²) in [6.45, 7) is 3.82. The maximum Gasteiger partial charge on any atom is 0.241 e. The minimum absolute atomic E-state index is 0. The van der Waals surface area contributed by atoms with Gasteiger partial charge in [-0.05, 0) is 52.1 Å². The third-order valence-electron chi connectivity index (χ3n) is 6.53. The molecule has 1 aliphatic heterocycles. The first kappa shape index (κ1) is 20.9. The lowest BCUT2D eigenvalue weighted by molar-refractivity contribution is -0.146. The Kier molecular flexibility index (Phi) is 6.45. The van der Waals surface area contributed by atoms with Gasteiger partial charge in [0.05, 0.1) is 6.10 Å². The predicted molar refractivity (Wildman–Crippen MR) is 99.8 cm³/mol. The van der Waals surface area contributed by atoms with Crippen LogP contribution < -0.4 is 10.6 Å². The summed E-state index contributed by atoms with van der Waals surface area (Å²) in [6.07, 6.45) is 7.38. The summed E-state index contributed by atoms with van der Waals surface area (Å²) in [4.78, 5) is 13.0. The van der Waals surface area contributed by atoms with Crippen molar-refractivity contribution in [1.82, 2.24) is 10.6 Å². The number of halogens is 1. The molecule has 3 rings (SSSR count). The molecule has 146 valence electrons. The molecule has 3 aliphatic rings. The average Bonchev–Trinajstić information content (AvgIpc) is 3.06. The molecule has 6 nitrogen and oxygen atoms in total. The van der Waals surface area contributed by atoms with Gasteiger partial charge in [0.25, 0.3) is 0 Å². The van der Waals surface area contributed by atoms with Crippen LogP contribution in [0.3, 0.4) is 0 Å². The van der Waals surface area contributed by atoms with Crippen molar-refractivity contribution in [3.8, 4) is 0 Å². The first-order valence-corrected chi connectivity index (χ1v) is 11.1. The summed E-state index contributed by atoms with van der Waals surface area (Å²) < 4.78 is 29.4. The summed E-state index contributed by atoms with van der Waals surface area (Å²) in [7, 11) is -3.46. The maximum atomic E-state index is 13.0. The van der Waals surface area contributed by atoms with E-state index in [0.29, 0.717) is 32.5 Å². The molecule has 2 atom stereocenters. The molecule has 0 bridgehead atoms. The van der Waals surface area contributed by atoms with E-state index >= 15 is 0 Å². The fourth-order valence-corrected chi connectivity index (χ4v) is 6.32. The fraction of sp³-hybridized carbons (Fsp3) is 0.941. The molecule has 3 fully saturated rings.